The van der Waals surface area contributed by atoms with Gasteiger partial charge >= 0.3 is 0 Å². The molecule has 0 bridgehead atoms. The topological polar surface area (TPSA) is 113 Å². The third-order valence-corrected chi connectivity index (χ3v) is 6.07. The molecule has 0 unspecified atom stereocenters. The fraction of sp³-hybridized carbons (Fsp3) is 0.259. The first kappa shape index (κ1) is 23.8. The van der Waals surface area contributed by atoms with Gasteiger partial charge in [-0.25, -0.2) is 19.5 Å². The van der Waals surface area contributed by atoms with Gasteiger partial charge in [-0.1, -0.05) is 11.8 Å². The number of ether oxygens (including phenoxy) is 1. The maximum Gasteiger partial charge on any atom is 0.234 e. The lowest BCUT2D eigenvalue weighted by atomic mass is 10.1. The third kappa shape index (κ3) is 5.19. The van der Waals surface area contributed by atoms with Crippen LogP contribution in [-0.4, -0.2) is 68.2 Å². The Labute approximate surface area is 214 Å². The monoisotopic (exact) mass is 492 g/mol. The highest BCUT2D eigenvalue weighted by atomic mass is 16.5. The second-order valence-corrected chi connectivity index (χ2v) is 8.36. The first-order valence-corrected chi connectivity index (χ1v) is 11.9. The number of amides is 1. The van der Waals surface area contributed by atoms with Crippen LogP contribution in [0.15, 0.2) is 55.5 Å². The van der Waals surface area contributed by atoms with E-state index in [1.807, 2.05) is 30.0 Å². The van der Waals surface area contributed by atoms with Gasteiger partial charge in [-0.05, 0) is 25.1 Å². The number of rotatable bonds is 5. The lowest BCUT2D eigenvalue weighted by Crippen LogP contribution is -2.48. The Bertz CT molecular complexity index is 1510. The average molecular weight is 493 g/mol. The predicted octanol–water partition coefficient (Wildman–Crippen LogP) is 2.55. The van der Waals surface area contributed by atoms with Crippen molar-refractivity contribution in [3.05, 3.63) is 66.6 Å². The molecule has 0 spiro atoms. The molecule has 0 aliphatic carbocycles. The number of fused-ring (bicyclic) bond motifs is 1. The van der Waals surface area contributed by atoms with Crippen molar-refractivity contribution in [1.82, 2.24) is 29.5 Å². The fourth-order valence-electron chi connectivity index (χ4n) is 4.26. The van der Waals surface area contributed by atoms with E-state index in [0.717, 1.165) is 22.5 Å². The van der Waals surface area contributed by atoms with Crippen molar-refractivity contribution in [3.8, 4) is 34.8 Å². The number of hydrogen-bond acceptors (Lipinski definition) is 8. The summed E-state index contributed by atoms with van der Waals surface area (Å²) in [5.74, 6) is 7.36. The Balaban J connectivity index is 1.26. The van der Waals surface area contributed by atoms with E-state index in [-0.39, 0.29) is 12.3 Å². The summed E-state index contributed by atoms with van der Waals surface area (Å²) in [6.45, 7) is 5.03. The Morgan fingerprint density at radius 1 is 1.11 bits per heavy atom. The van der Waals surface area contributed by atoms with Crippen molar-refractivity contribution in [3.63, 3.8) is 0 Å². The molecule has 37 heavy (non-hydrogen) atoms. The van der Waals surface area contributed by atoms with Gasteiger partial charge in [0.25, 0.3) is 0 Å². The van der Waals surface area contributed by atoms with E-state index >= 15 is 0 Å². The van der Waals surface area contributed by atoms with E-state index in [2.05, 4.69) is 42.9 Å². The number of anilines is 1. The lowest BCUT2D eigenvalue weighted by molar-refractivity contribution is -0.130. The molecule has 184 valence electrons. The predicted molar refractivity (Wildman–Crippen MR) is 137 cm³/mol. The molecule has 0 N–H and O–H groups in total. The van der Waals surface area contributed by atoms with Gasteiger partial charge in [0, 0.05) is 55.9 Å². The Hall–Kier alpha value is -4.96. The minimum absolute atomic E-state index is 0.0135. The first-order valence-electron chi connectivity index (χ1n) is 11.9. The normalized spacial score (nSPS) is 13.1. The molecule has 10 heteroatoms. The number of aromatic nitrogens is 5. The van der Waals surface area contributed by atoms with Gasteiger partial charge in [-0.15, -0.1) is 0 Å². The van der Waals surface area contributed by atoms with Gasteiger partial charge in [0.2, 0.25) is 5.91 Å². The zero-order valence-corrected chi connectivity index (χ0v) is 20.3. The van der Waals surface area contributed by atoms with E-state index < -0.39 is 0 Å². The molecule has 5 heterocycles. The minimum atomic E-state index is 0.0135. The van der Waals surface area contributed by atoms with Gasteiger partial charge in [-0.2, -0.15) is 10.4 Å². The zero-order chi connectivity index (χ0) is 25.6. The van der Waals surface area contributed by atoms with Crippen LogP contribution >= 0.6 is 0 Å². The largest absolute Gasteiger partial charge is 0.492 e. The van der Waals surface area contributed by atoms with Gasteiger partial charge in [-0.3, -0.25) is 4.79 Å². The van der Waals surface area contributed by atoms with Crippen LogP contribution in [0.4, 0.5) is 5.82 Å². The molecule has 0 aromatic carbocycles. The number of piperazine rings is 1. The molecule has 4 aromatic heterocycles. The molecule has 0 atom stereocenters. The molecule has 1 fully saturated rings. The van der Waals surface area contributed by atoms with Crippen LogP contribution in [0.3, 0.4) is 0 Å². The van der Waals surface area contributed by atoms with Crippen LogP contribution in [0.5, 0.6) is 5.75 Å². The highest BCUT2D eigenvalue weighted by Crippen LogP contribution is 2.31. The molecule has 10 nitrogen and oxygen atoms in total. The molecule has 5 rings (SSSR count). The first-order chi connectivity index (χ1) is 18.2. The van der Waals surface area contributed by atoms with E-state index in [1.165, 1.54) is 6.33 Å². The van der Waals surface area contributed by atoms with Crippen LogP contribution < -0.4 is 9.64 Å². The summed E-state index contributed by atoms with van der Waals surface area (Å²) < 4.78 is 7.36. The summed E-state index contributed by atoms with van der Waals surface area (Å²) in [6, 6.07) is 8.08. The SMILES string of the molecule is CCOc1cc(-c2ccc(N3CCN(C(=O)CC#Cc4cncnc4)CC3)nc2)c2c(C#N)cnn2c1. The molecule has 1 aliphatic rings. The number of nitriles is 1. The maximum atomic E-state index is 12.6. The molecule has 1 amide bonds. The molecular formula is C27H24N8O2. The summed E-state index contributed by atoms with van der Waals surface area (Å²) >= 11 is 0. The fourth-order valence-corrected chi connectivity index (χ4v) is 4.26. The van der Waals surface area contributed by atoms with Crippen LogP contribution in [0.1, 0.15) is 24.5 Å². The molecular weight excluding hydrogens is 468 g/mol. The quantitative estimate of drug-likeness (QED) is 0.391. The van der Waals surface area contributed by atoms with Crippen molar-refractivity contribution >= 4 is 17.2 Å². The van der Waals surface area contributed by atoms with Crippen LogP contribution in [0.25, 0.3) is 16.6 Å². The van der Waals surface area contributed by atoms with E-state index in [0.29, 0.717) is 49.7 Å². The number of carbonyl (C=O) groups excluding carboxylic acids is 1. The van der Waals surface area contributed by atoms with E-state index in [9.17, 15) is 10.1 Å². The van der Waals surface area contributed by atoms with E-state index in [1.54, 1.807) is 35.5 Å². The van der Waals surface area contributed by atoms with Gasteiger partial charge in [0.05, 0.1) is 42.1 Å². The average Bonchev–Trinajstić information content (AvgIpc) is 3.37. The zero-order valence-electron chi connectivity index (χ0n) is 20.3. The van der Waals surface area contributed by atoms with Gasteiger partial charge in [0.15, 0.2) is 0 Å². The standard InChI is InChI=1S/C27H24N8O2/c1-2-37-23-12-24(27-22(13-28)17-32-35(27)18-23)21-6-7-25(31-16-21)33-8-10-34(11-9-33)26(36)5-3-4-20-14-29-19-30-15-20/h6-7,12,14-19H,2,5,8-11H2,1H3. The van der Waals surface area contributed by atoms with Crippen molar-refractivity contribution < 1.29 is 9.53 Å². The van der Waals surface area contributed by atoms with Crippen molar-refractivity contribution in [2.45, 2.75) is 13.3 Å². The minimum Gasteiger partial charge on any atom is -0.492 e. The van der Waals surface area contributed by atoms with Crippen molar-refractivity contribution in [2.75, 3.05) is 37.7 Å². The molecule has 1 saturated heterocycles. The Kier molecular flexibility index (Phi) is 6.91. The van der Waals surface area contributed by atoms with Gasteiger partial charge < -0.3 is 14.5 Å². The number of carbonyl (C=O) groups is 1. The van der Waals surface area contributed by atoms with Crippen LogP contribution in [0.2, 0.25) is 0 Å². The molecule has 0 radical (unpaired) electrons. The summed E-state index contributed by atoms with van der Waals surface area (Å²) in [6.07, 6.45) is 9.98. The summed E-state index contributed by atoms with van der Waals surface area (Å²) in [7, 11) is 0. The van der Waals surface area contributed by atoms with Crippen LogP contribution in [0, 0.1) is 23.2 Å². The molecule has 1 aliphatic heterocycles. The van der Waals surface area contributed by atoms with Gasteiger partial charge in [0.1, 0.15) is 24.0 Å². The second-order valence-electron chi connectivity index (χ2n) is 8.36. The van der Waals surface area contributed by atoms with E-state index in [4.69, 9.17) is 4.74 Å². The number of hydrogen-bond donors (Lipinski definition) is 0. The summed E-state index contributed by atoms with van der Waals surface area (Å²) in [5, 5.41) is 13.9. The molecule has 4 aromatic rings. The highest BCUT2D eigenvalue weighted by Gasteiger charge is 2.21. The molecule has 0 saturated carbocycles. The number of pyridine rings is 2. The van der Waals surface area contributed by atoms with Crippen LogP contribution in [-0.2, 0) is 4.79 Å². The van der Waals surface area contributed by atoms with Crippen molar-refractivity contribution in [2.24, 2.45) is 0 Å². The Morgan fingerprint density at radius 2 is 1.92 bits per heavy atom. The van der Waals surface area contributed by atoms with Crippen molar-refractivity contribution in [1.29, 1.82) is 5.26 Å². The maximum absolute atomic E-state index is 12.6. The smallest absolute Gasteiger partial charge is 0.234 e. The summed E-state index contributed by atoms with van der Waals surface area (Å²) in [4.78, 5) is 29.1. The number of nitrogens with zero attached hydrogens (tertiary/aromatic N) is 8. The summed E-state index contributed by atoms with van der Waals surface area (Å²) in [5.41, 5.74) is 3.60. The lowest BCUT2D eigenvalue weighted by Gasteiger charge is -2.35. The Morgan fingerprint density at radius 3 is 2.62 bits per heavy atom. The highest BCUT2D eigenvalue weighted by molar-refractivity contribution is 5.85. The second kappa shape index (κ2) is 10.8. The third-order valence-electron chi connectivity index (χ3n) is 6.07.